The third-order valence-corrected chi connectivity index (χ3v) is 4.25. The first-order valence-electron chi connectivity index (χ1n) is 7.88. The molecule has 0 unspecified atom stereocenters. The number of hydrogen-bond donors (Lipinski definition) is 0. The summed E-state index contributed by atoms with van der Waals surface area (Å²) in [5.74, 6) is 0. The van der Waals surface area contributed by atoms with Gasteiger partial charge in [0.2, 0.25) is 0 Å². The minimum Gasteiger partial charge on any atom is -0.370 e. The van der Waals surface area contributed by atoms with Gasteiger partial charge < -0.3 is 9.80 Å². The fourth-order valence-corrected chi connectivity index (χ4v) is 3.11. The lowest BCUT2D eigenvalue weighted by atomic mass is 10.0. The van der Waals surface area contributed by atoms with Crippen LogP contribution in [0.4, 0.5) is 5.69 Å². The second kappa shape index (κ2) is 6.77. The summed E-state index contributed by atoms with van der Waals surface area (Å²) >= 11 is 0. The second-order valence-corrected chi connectivity index (χ2v) is 5.94. The lowest BCUT2D eigenvalue weighted by molar-refractivity contribution is 0.331. The summed E-state index contributed by atoms with van der Waals surface area (Å²) in [7, 11) is 2.21. The van der Waals surface area contributed by atoms with Crippen LogP contribution in [0.25, 0.3) is 0 Å². The molecule has 1 aliphatic heterocycles. The number of para-hydroxylation sites is 1. The summed E-state index contributed by atoms with van der Waals surface area (Å²) in [6.45, 7) is 4.43. The van der Waals surface area contributed by atoms with Crippen LogP contribution >= 0.6 is 0 Å². The Morgan fingerprint density at radius 3 is 2.62 bits per heavy atom. The molecule has 0 radical (unpaired) electrons. The van der Waals surface area contributed by atoms with Gasteiger partial charge in [0.1, 0.15) is 0 Å². The Labute approximate surface area is 128 Å². The Morgan fingerprint density at radius 2 is 1.76 bits per heavy atom. The van der Waals surface area contributed by atoms with Crippen molar-refractivity contribution in [1.29, 1.82) is 0 Å². The number of hydrogen-bond acceptors (Lipinski definition) is 2. The number of nitrogens with zero attached hydrogens (tertiary/aromatic N) is 2. The van der Waals surface area contributed by atoms with E-state index in [2.05, 4.69) is 71.4 Å². The smallest absolute Gasteiger partial charge is 0.0399 e. The molecular formula is C19H24N2. The van der Waals surface area contributed by atoms with E-state index in [1.54, 1.807) is 0 Å². The van der Waals surface area contributed by atoms with Crippen LogP contribution in [0, 0.1) is 0 Å². The van der Waals surface area contributed by atoms with E-state index in [1.165, 1.54) is 36.2 Å². The summed E-state index contributed by atoms with van der Waals surface area (Å²) < 4.78 is 0. The zero-order valence-electron chi connectivity index (χ0n) is 12.8. The van der Waals surface area contributed by atoms with Gasteiger partial charge in [-0.3, -0.25) is 0 Å². The van der Waals surface area contributed by atoms with Crippen molar-refractivity contribution in [1.82, 2.24) is 4.90 Å². The molecule has 0 aromatic heterocycles. The predicted octanol–water partition coefficient (Wildman–Crippen LogP) is 3.57. The molecule has 2 aromatic rings. The quantitative estimate of drug-likeness (QED) is 0.826. The first kappa shape index (κ1) is 14.2. The lowest BCUT2D eigenvalue weighted by Crippen LogP contribution is -2.36. The Balaban J connectivity index is 1.56. The molecule has 110 valence electrons. The van der Waals surface area contributed by atoms with E-state index < -0.39 is 0 Å². The standard InChI is InChI=1S/C19H24N2/c1-20(16-17-8-3-2-4-9-17)14-15-21-13-7-11-18-10-5-6-12-19(18)21/h2-6,8-10,12H,7,11,13-16H2,1H3. The molecular weight excluding hydrogens is 256 g/mol. The third-order valence-electron chi connectivity index (χ3n) is 4.25. The molecule has 21 heavy (non-hydrogen) atoms. The summed E-state index contributed by atoms with van der Waals surface area (Å²) in [6.07, 6.45) is 2.51. The van der Waals surface area contributed by atoms with Crippen LogP contribution in [0.5, 0.6) is 0 Å². The van der Waals surface area contributed by atoms with E-state index in [0.29, 0.717) is 0 Å². The van der Waals surface area contributed by atoms with Crippen LogP contribution in [-0.4, -0.2) is 31.6 Å². The SMILES string of the molecule is CN(CCN1CCCc2ccccc21)Cc1ccccc1. The number of benzene rings is 2. The zero-order chi connectivity index (χ0) is 14.5. The van der Waals surface area contributed by atoms with Crippen molar-refractivity contribution < 1.29 is 0 Å². The summed E-state index contributed by atoms with van der Waals surface area (Å²) in [5, 5.41) is 0. The van der Waals surface area contributed by atoms with E-state index >= 15 is 0 Å². The lowest BCUT2D eigenvalue weighted by Gasteiger charge is -2.32. The first-order valence-corrected chi connectivity index (χ1v) is 7.88. The summed E-state index contributed by atoms with van der Waals surface area (Å²) in [5.41, 5.74) is 4.34. The molecule has 0 aliphatic carbocycles. The molecule has 0 amide bonds. The molecule has 2 aromatic carbocycles. The van der Waals surface area contributed by atoms with Gasteiger partial charge in [-0.1, -0.05) is 48.5 Å². The Kier molecular flexibility index (Phi) is 4.56. The van der Waals surface area contributed by atoms with Crippen molar-refractivity contribution in [2.45, 2.75) is 19.4 Å². The highest BCUT2D eigenvalue weighted by Crippen LogP contribution is 2.26. The molecule has 3 rings (SSSR count). The number of rotatable bonds is 5. The van der Waals surface area contributed by atoms with E-state index in [1.807, 2.05) is 0 Å². The van der Waals surface area contributed by atoms with Gasteiger partial charge in [-0.05, 0) is 37.1 Å². The highest BCUT2D eigenvalue weighted by atomic mass is 15.2. The monoisotopic (exact) mass is 280 g/mol. The summed E-state index contributed by atoms with van der Waals surface area (Å²) in [4.78, 5) is 4.95. The highest BCUT2D eigenvalue weighted by molar-refractivity contribution is 5.55. The van der Waals surface area contributed by atoms with Crippen molar-refractivity contribution in [2.75, 3.05) is 31.6 Å². The van der Waals surface area contributed by atoms with E-state index in [-0.39, 0.29) is 0 Å². The minimum absolute atomic E-state index is 1.02. The van der Waals surface area contributed by atoms with Crippen LogP contribution in [0.15, 0.2) is 54.6 Å². The molecule has 1 heterocycles. The normalized spacial score (nSPS) is 14.3. The predicted molar refractivity (Wildman–Crippen MR) is 89.8 cm³/mol. The largest absolute Gasteiger partial charge is 0.370 e. The maximum atomic E-state index is 2.54. The number of fused-ring (bicyclic) bond motifs is 1. The molecule has 2 heteroatoms. The van der Waals surface area contributed by atoms with Gasteiger partial charge in [-0.2, -0.15) is 0 Å². The minimum atomic E-state index is 1.02. The van der Waals surface area contributed by atoms with Gasteiger partial charge in [0.15, 0.2) is 0 Å². The van der Waals surface area contributed by atoms with Crippen molar-refractivity contribution in [2.24, 2.45) is 0 Å². The van der Waals surface area contributed by atoms with Crippen molar-refractivity contribution in [3.05, 3.63) is 65.7 Å². The van der Waals surface area contributed by atoms with Crippen LogP contribution < -0.4 is 4.90 Å². The average Bonchev–Trinajstić information content (AvgIpc) is 2.54. The Hall–Kier alpha value is -1.80. The third kappa shape index (κ3) is 3.64. The van der Waals surface area contributed by atoms with Gasteiger partial charge >= 0.3 is 0 Å². The number of anilines is 1. The number of likely N-dealkylation sites (N-methyl/N-ethyl adjacent to an activating group) is 1. The highest BCUT2D eigenvalue weighted by Gasteiger charge is 2.16. The first-order chi connectivity index (χ1) is 10.3. The average molecular weight is 280 g/mol. The fourth-order valence-electron chi connectivity index (χ4n) is 3.11. The molecule has 0 spiro atoms. The van der Waals surface area contributed by atoms with Crippen molar-refractivity contribution in [3.8, 4) is 0 Å². The molecule has 0 fully saturated rings. The molecule has 0 bridgehead atoms. The molecule has 0 saturated heterocycles. The van der Waals surface area contributed by atoms with E-state index in [0.717, 1.165) is 19.6 Å². The van der Waals surface area contributed by atoms with Crippen LogP contribution in [0.3, 0.4) is 0 Å². The second-order valence-electron chi connectivity index (χ2n) is 5.94. The van der Waals surface area contributed by atoms with Crippen molar-refractivity contribution in [3.63, 3.8) is 0 Å². The molecule has 0 saturated carbocycles. The van der Waals surface area contributed by atoms with Crippen LogP contribution in [-0.2, 0) is 13.0 Å². The topological polar surface area (TPSA) is 6.48 Å². The van der Waals surface area contributed by atoms with Gasteiger partial charge in [-0.25, -0.2) is 0 Å². The van der Waals surface area contributed by atoms with Crippen LogP contribution in [0.1, 0.15) is 17.5 Å². The molecule has 0 atom stereocenters. The molecule has 1 aliphatic rings. The maximum absolute atomic E-state index is 2.54. The summed E-state index contributed by atoms with van der Waals surface area (Å²) in [6, 6.07) is 19.6. The molecule has 0 N–H and O–H groups in total. The maximum Gasteiger partial charge on any atom is 0.0399 e. The number of aryl methyl sites for hydroxylation is 1. The van der Waals surface area contributed by atoms with Gasteiger partial charge in [0.05, 0.1) is 0 Å². The van der Waals surface area contributed by atoms with Crippen molar-refractivity contribution >= 4 is 5.69 Å². The van der Waals surface area contributed by atoms with E-state index in [4.69, 9.17) is 0 Å². The fraction of sp³-hybridized carbons (Fsp3) is 0.368. The van der Waals surface area contributed by atoms with Gasteiger partial charge in [0.25, 0.3) is 0 Å². The van der Waals surface area contributed by atoms with E-state index in [9.17, 15) is 0 Å². The Bertz CT molecular complexity index is 565. The Morgan fingerprint density at radius 1 is 1.00 bits per heavy atom. The van der Waals surface area contributed by atoms with Gasteiger partial charge in [0, 0.05) is 31.9 Å². The van der Waals surface area contributed by atoms with Gasteiger partial charge in [-0.15, -0.1) is 0 Å². The zero-order valence-corrected chi connectivity index (χ0v) is 12.8. The van der Waals surface area contributed by atoms with Crippen LogP contribution in [0.2, 0.25) is 0 Å². The molecule has 2 nitrogen and oxygen atoms in total.